The number of para-hydroxylation sites is 1. The maximum atomic E-state index is 12.2. The van der Waals surface area contributed by atoms with Crippen molar-refractivity contribution in [2.24, 2.45) is 4.99 Å². The Morgan fingerprint density at radius 1 is 1.00 bits per heavy atom. The van der Waals surface area contributed by atoms with Gasteiger partial charge in [0.15, 0.2) is 5.17 Å². The number of benzene rings is 3. The maximum Gasteiger partial charge on any atom is 0.264 e. The van der Waals surface area contributed by atoms with Gasteiger partial charge in [0, 0.05) is 15.6 Å². The zero-order chi connectivity index (χ0) is 20.9. The Morgan fingerprint density at radius 2 is 1.77 bits per heavy atom. The van der Waals surface area contributed by atoms with Crippen molar-refractivity contribution in [3.8, 4) is 5.75 Å². The molecule has 1 aliphatic heterocycles. The number of hydrogen-bond acceptors (Lipinski definition) is 4. The van der Waals surface area contributed by atoms with Crippen molar-refractivity contribution in [1.29, 1.82) is 0 Å². The minimum atomic E-state index is -0.160. The average Bonchev–Trinajstić information content (AvgIpc) is 3.08. The summed E-state index contributed by atoms with van der Waals surface area (Å²) in [5.74, 6) is 0.547. The van der Waals surface area contributed by atoms with E-state index in [0.717, 1.165) is 16.8 Å². The van der Waals surface area contributed by atoms with E-state index in [1.807, 2.05) is 66.7 Å². The van der Waals surface area contributed by atoms with Gasteiger partial charge in [-0.25, -0.2) is 4.99 Å². The third kappa shape index (κ3) is 5.25. The van der Waals surface area contributed by atoms with Gasteiger partial charge in [-0.3, -0.25) is 4.79 Å². The van der Waals surface area contributed by atoms with E-state index in [0.29, 0.717) is 32.5 Å². The van der Waals surface area contributed by atoms with Gasteiger partial charge in [0.2, 0.25) is 0 Å². The Hall–Kier alpha value is -2.73. The number of carbonyl (C=O) groups excluding carboxylic acids is 1. The molecule has 0 aromatic heterocycles. The molecule has 0 atom stereocenters. The van der Waals surface area contributed by atoms with Crippen LogP contribution in [-0.2, 0) is 11.4 Å². The van der Waals surface area contributed by atoms with E-state index in [4.69, 9.17) is 27.9 Å². The predicted molar refractivity (Wildman–Crippen MR) is 124 cm³/mol. The van der Waals surface area contributed by atoms with Crippen LogP contribution < -0.4 is 10.1 Å². The molecule has 3 aromatic carbocycles. The number of halogens is 2. The molecule has 1 N–H and O–H groups in total. The van der Waals surface area contributed by atoms with Gasteiger partial charge in [-0.15, -0.1) is 0 Å². The van der Waals surface area contributed by atoms with Gasteiger partial charge < -0.3 is 10.1 Å². The lowest BCUT2D eigenvalue weighted by molar-refractivity contribution is -0.115. The number of rotatable bonds is 5. The molecule has 0 bridgehead atoms. The molecule has 7 heteroatoms. The molecular formula is C23H16Cl2N2O2S. The van der Waals surface area contributed by atoms with E-state index in [1.165, 1.54) is 11.8 Å². The number of amidine groups is 1. The van der Waals surface area contributed by atoms with Crippen molar-refractivity contribution < 1.29 is 9.53 Å². The Labute approximate surface area is 188 Å². The summed E-state index contributed by atoms with van der Waals surface area (Å²) in [5, 5.41) is 4.52. The van der Waals surface area contributed by atoms with Gasteiger partial charge in [0.25, 0.3) is 5.91 Å². The van der Waals surface area contributed by atoms with Crippen LogP contribution >= 0.6 is 35.0 Å². The zero-order valence-electron chi connectivity index (χ0n) is 15.6. The van der Waals surface area contributed by atoms with E-state index in [9.17, 15) is 4.79 Å². The van der Waals surface area contributed by atoms with Crippen molar-refractivity contribution in [3.05, 3.63) is 98.9 Å². The lowest BCUT2D eigenvalue weighted by atomic mass is 10.2. The Morgan fingerprint density at radius 3 is 2.50 bits per heavy atom. The molecule has 1 amide bonds. The summed E-state index contributed by atoms with van der Waals surface area (Å²) in [6.07, 6.45) is 1.83. The van der Waals surface area contributed by atoms with Gasteiger partial charge in [-0.2, -0.15) is 0 Å². The summed E-state index contributed by atoms with van der Waals surface area (Å²) < 4.78 is 5.79. The van der Waals surface area contributed by atoms with Crippen molar-refractivity contribution in [1.82, 2.24) is 5.32 Å². The number of amides is 1. The fourth-order valence-corrected chi connectivity index (χ4v) is 4.02. The van der Waals surface area contributed by atoms with Crippen molar-refractivity contribution in [3.63, 3.8) is 0 Å². The minimum Gasteiger partial charge on any atom is -0.489 e. The number of carbonyl (C=O) groups is 1. The van der Waals surface area contributed by atoms with E-state index < -0.39 is 0 Å². The van der Waals surface area contributed by atoms with Crippen molar-refractivity contribution in [2.75, 3.05) is 0 Å². The van der Waals surface area contributed by atoms with Gasteiger partial charge in [-0.05, 0) is 59.8 Å². The van der Waals surface area contributed by atoms with Gasteiger partial charge in [0.1, 0.15) is 12.4 Å². The summed E-state index contributed by atoms with van der Waals surface area (Å²) in [6, 6.07) is 22.3. The van der Waals surface area contributed by atoms with E-state index in [2.05, 4.69) is 10.3 Å². The van der Waals surface area contributed by atoms with E-state index in [1.54, 1.807) is 12.1 Å². The standard InChI is InChI=1S/C23H16Cl2N2O2S/c24-17-9-8-16(20(25)13-17)14-29-19-10-6-15(7-11-19)12-21-22(28)27-23(30-21)26-18-4-2-1-3-5-18/h1-13H,14H2,(H,26,27,28)/b21-12+. The Kier molecular flexibility index (Phi) is 6.43. The highest BCUT2D eigenvalue weighted by molar-refractivity contribution is 8.18. The van der Waals surface area contributed by atoms with Crippen LogP contribution in [-0.4, -0.2) is 11.1 Å². The monoisotopic (exact) mass is 454 g/mol. The molecule has 0 unspecified atom stereocenters. The van der Waals surface area contributed by atoms with Crippen LogP contribution in [0.2, 0.25) is 10.0 Å². The average molecular weight is 455 g/mol. The highest BCUT2D eigenvalue weighted by Gasteiger charge is 2.23. The lowest BCUT2D eigenvalue weighted by Gasteiger charge is -2.08. The van der Waals surface area contributed by atoms with Crippen LogP contribution in [0.15, 0.2) is 82.7 Å². The molecule has 0 saturated carbocycles. The summed E-state index contributed by atoms with van der Waals surface area (Å²) >= 11 is 13.4. The first-order valence-electron chi connectivity index (χ1n) is 9.08. The van der Waals surface area contributed by atoms with Crippen LogP contribution in [0.4, 0.5) is 5.69 Å². The number of nitrogens with one attached hydrogen (secondary N) is 1. The first-order chi connectivity index (χ1) is 14.6. The highest BCUT2D eigenvalue weighted by Crippen LogP contribution is 2.28. The van der Waals surface area contributed by atoms with Gasteiger partial charge in [0.05, 0.1) is 10.6 Å². The topological polar surface area (TPSA) is 50.7 Å². The van der Waals surface area contributed by atoms with Crippen molar-refractivity contribution in [2.45, 2.75) is 6.61 Å². The molecule has 1 heterocycles. The Bertz CT molecular complexity index is 1130. The van der Waals surface area contributed by atoms with Crippen LogP contribution in [0.3, 0.4) is 0 Å². The number of hydrogen-bond donors (Lipinski definition) is 1. The number of ether oxygens (including phenoxy) is 1. The first kappa shape index (κ1) is 20.5. The Balaban J connectivity index is 1.41. The first-order valence-corrected chi connectivity index (χ1v) is 10.7. The molecule has 4 rings (SSSR count). The molecule has 30 heavy (non-hydrogen) atoms. The summed E-state index contributed by atoms with van der Waals surface area (Å²) in [7, 11) is 0. The molecule has 4 nitrogen and oxygen atoms in total. The molecule has 1 aliphatic rings. The van der Waals surface area contributed by atoms with Gasteiger partial charge >= 0.3 is 0 Å². The second-order valence-corrected chi connectivity index (χ2v) is 8.29. The molecule has 1 fully saturated rings. The molecule has 3 aromatic rings. The normalized spacial score (nSPS) is 16.1. The highest BCUT2D eigenvalue weighted by atomic mass is 35.5. The predicted octanol–water partition coefficient (Wildman–Crippen LogP) is 6.46. The fraction of sp³-hybridized carbons (Fsp3) is 0.0435. The summed E-state index contributed by atoms with van der Waals surface area (Å²) in [4.78, 5) is 17.3. The molecule has 0 spiro atoms. The fourth-order valence-electron chi connectivity index (χ4n) is 2.71. The lowest BCUT2D eigenvalue weighted by Crippen LogP contribution is -2.19. The molecule has 1 saturated heterocycles. The molecular weight excluding hydrogens is 439 g/mol. The molecule has 0 aliphatic carbocycles. The number of thioether (sulfide) groups is 1. The van der Waals surface area contributed by atoms with Crippen LogP contribution in [0, 0.1) is 0 Å². The van der Waals surface area contributed by atoms with Gasteiger partial charge in [-0.1, -0.05) is 59.6 Å². The maximum absolute atomic E-state index is 12.2. The minimum absolute atomic E-state index is 0.160. The SMILES string of the molecule is O=C1NC(=Nc2ccccc2)S/C1=C/c1ccc(OCc2ccc(Cl)cc2Cl)cc1. The molecule has 150 valence electrons. The number of aliphatic imine (C=N–C) groups is 1. The smallest absolute Gasteiger partial charge is 0.264 e. The summed E-state index contributed by atoms with van der Waals surface area (Å²) in [6.45, 7) is 0.341. The largest absolute Gasteiger partial charge is 0.489 e. The van der Waals surface area contributed by atoms with Crippen molar-refractivity contribution >= 4 is 57.8 Å². The second-order valence-electron chi connectivity index (χ2n) is 6.41. The zero-order valence-corrected chi connectivity index (χ0v) is 18.0. The number of nitrogens with zero attached hydrogens (tertiary/aromatic N) is 1. The quantitative estimate of drug-likeness (QED) is 0.449. The van der Waals surface area contributed by atoms with E-state index >= 15 is 0 Å². The van der Waals surface area contributed by atoms with Crippen LogP contribution in [0.5, 0.6) is 5.75 Å². The molecule has 0 radical (unpaired) electrons. The second kappa shape index (κ2) is 9.39. The van der Waals surface area contributed by atoms with Crippen LogP contribution in [0.25, 0.3) is 6.08 Å². The van der Waals surface area contributed by atoms with E-state index in [-0.39, 0.29) is 5.91 Å². The third-order valence-electron chi connectivity index (χ3n) is 4.23. The summed E-state index contributed by atoms with van der Waals surface area (Å²) in [5.41, 5.74) is 2.55. The van der Waals surface area contributed by atoms with Crippen LogP contribution in [0.1, 0.15) is 11.1 Å². The third-order valence-corrected chi connectivity index (χ3v) is 5.72.